The third kappa shape index (κ3) is 2.31. The summed E-state index contributed by atoms with van der Waals surface area (Å²) >= 11 is 0. The molecule has 0 fully saturated rings. The van der Waals surface area contributed by atoms with Crippen molar-refractivity contribution in [3.63, 3.8) is 0 Å². The van der Waals surface area contributed by atoms with Crippen LogP contribution in [0.1, 0.15) is 0 Å². The first-order valence-corrected chi connectivity index (χ1v) is 2.32. The monoisotopic (exact) mass is 110 g/mol. The molecule has 0 aromatic carbocycles. The van der Waals surface area contributed by atoms with Crippen LogP contribution in [0.2, 0.25) is 0 Å². The van der Waals surface area contributed by atoms with E-state index in [4.69, 9.17) is 5.73 Å². The molecule has 0 aromatic heterocycles. The largest absolute Gasteiger partial charge is 0.326 e. The Morgan fingerprint density at radius 3 is 2.50 bits per heavy atom. The molecule has 0 aromatic rings. The number of nitrogens with two attached hydrogens (primary N) is 1. The Morgan fingerprint density at radius 1 is 1.75 bits per heavy atom. The molecule has 0 saturated heterocycles. The van der Waals surface area contributed by atoms with Gasteiger partial charge in [0.05, 0.1) is 0 Å². The minimum absolute atomic E-state index is 0.475. The van der Waals surface area contributed by atoms with Gasteiger partial charge in [-0.1, -0.05) is 12.7 Å². The first-order chi connectivity index (χ1) is 3.85. The molecule has 0 rings (SSSR count). The summed E-state index contributed by atoms with van der Waals surface area (Å²) in [5.74, 6) is 0. The lowest BCUT2D eigenvalue weighted by molar-refractivity contribution is 1.18. The first kappa shape index (κ1) is 7.11. The zero-order chi connectivity index (χ0) is 6.41. The molecule has 0 radical (unpaired) electrons. The van der Waals surface area contributed by atoms with Crippen molar-refractivity contribution in [2.45, 2.75) is 0 Å². The number of nitrogens with zero attached hydrogens (tertiary/aromatic N) is 1. The van der Waals surface area contributed by atoms with Gasteiger partial charge < -0.3 is 5.73 Å². The highest BCUT2D eigenvalue weighted by Gasteiger charge is 1.80. The summed E-state index contributed by atoms with van der Waals surface area (Å²) in [5, 5.41) is 0. The van der Waals surface area contributed by atoms with Crippen molar-refractivity contribution in [2.75, 3.05) is 6.54 Å². The third-order valence-corrected chi connectivity index (χ3v) is 0.755. The summed E-state index contributed by atoms with van der Waals surface area (Å²) in [6.07, 6.45) is 3.25. The molecule has 0 amide bonds. The molecule has 8 heavy (non-hydrogen) atoms. The molecule has 0 bridgehead atoms. The minimum Gasteiger partial charge on any atom is -0.326 e. The maximum atomic E-state index is 5.24. The average molecular weight is 110 g/mol. The van der Waals surface area contributed by atoms with E-state index in [9.17, 15) is 0 Å². The van der Waals surface area contributed by atoms with Crippen LogP contribution in [0.3, 0.4) is 0 Å². The van der Waals surface area contributed by atoms with E-state index >= 15 is 0 Å². The van der Waals surface area contributed by atoms with E-state index in [1.807, 2.05) is 0 Å². The second kappa shape index (κ2) is 4.27. The number of aliphatic imine (C=N–C) groups is 1. The Labute approximate surface area is 49.4 Å². The van der Waals surface area contributed by atoms with Crippen molar-refractivity contribution in [2.24, 2.45) is 10.7 Å². The lowest BCUT2D eigenvalue weighted by atomic mass is 10.3. The predicted molar refractivity (Wildman–Crippen MR) is 36.9 cm³/mol. The fourth-order valence-electron chi connectivity index (χ4n) is 0.306. The molecular weight excluding hydrogens is 100 g/mol. The molecule has 2 nitrogen and oxygen atoms in total. The molecular formula is C6H10N2. The van der Waals surface area contributed by atoms with E-state index in [1.54, 1.807) is 12.3 Å². The molecule has 0 spiro atoms. The van der Waals surface area contributed by atoms with Gasteiger partial charge in [-0.25, -0.2) is 0 Å². The summed E-state index contributed by atoms with van der Waals surface area (Å²) in [4.78, 5) is 3.51. The van der Waals surface area contributed by atoms with Crippen molar-refractivity contribution in [3.8, 4) is 0 Å². The molecule has 0 heterocycles. The van der Waals surface area contributed by atoms with Crippen molar-refractivity contribution in [3.05, 3.63) is 24.4 Å². The van der Waals surface area contributed by atoms with Crippen molar-refractivity contribution < 1.29 is 0 Å². The van der Waals surface area contributed by atoms with Crippen LogP contribution < -0.4 is 5.73 Å². The molecule has 0 atom stereocenters. The minimum atomic E-state index is 0.475. The van der Waals surface area contributed by atoms with Crippen LogP contribution >= 0.6 is 0 Å². The maximum Gasteiger partial charge on any atom is 0.0305 e. The molecule has 2 heteroatoms. The fraction of sp³-hybridized carbons (Fsp3) is 0.167. The Hall–Kier alpha value is -0.890. The van der Waals surface area contributed by atoms with E-state index in [2.05, 4.69) is 18.3 Å². The second-order valence-corrected chi connectivity index (χ2v) is 1.29. The smallest absolute Gasteiger partial charge is 0.0305 e. The van der Waals surface area contributed by atoms with Crippen LogP contribution in [0.15, 0.2) is 29.4 Å². The zero-order valence-corrected chi connectivity index (χ0v) is 4.80. The van der Waals surface area contributed by atoms with Crippen molar-refractivity contribution in [1.29, 1.82) is 0 Å². The zero-order valence-electron chi connectivity index (χ0n) is 4.80. The topological polar surface area (TPSA) is 38.4 Å². The summed E-state index contributed by atoms with van der Waals surface area (Å²) in [6.45, 7) is 7.26. The van der Waals surface area contributed by atoms with Crippen LogP contribution in [-0.4, -0.2) is 13.3 Å². The quantitative estimate of drug-likeness (QED) is 0.422. The van der Waals surface area contributed by atoms with Crippen LogP contribution in [0, 0.1) is 0 Å². The lowest BCUT2D eigenvalue weighted by Gasteiger charge is -1.88. The van der Waals surface area contributed by atoms with Crippen LogP contribution in [0.5, 0.6) is 0 Å². The second-order valence-electron chi connectivity index (χ2n) is 1.29. The molecule has 0 saturated carbocycles. The average Bonchev–Trinajstić information content (AvgIpc) is 1.83. The Morgan fingerprint density at radius 2 is 2.38 bits per heavy atom. The van der Waals surface area contributed by atoms with E-state index in [0.29, 0.717) is 6.54 Å². The fourth-order valence-corrected chi connectivity index (χ4v) is 0.306. The van der Waals surface area contributed by atoms with Crippen molar-refractivity contribution in [1.82, 2.24) is 0 Å². The number of hydrogen-bond acceptors (Lipinski definition) is 2. The van der Waals surface area contributed by atoms with Crippen LogP contribution in [0.25, 0.3) is 0 Å². The van der Waals surface area contributed by atoms with Crippen molar-refractivity contribution >= 4 is 6.72 Å². The first-order valence-electron chi connectivity index (χ1n) is 2.32. The van der Waals surface area contributed by atoms with Gasteiger partial charge in [0.15, 0.2) is 0 Å². The number of rotatable bonds is 3. The van der Waals surface area contributed by atoms with Gasteiger partial charge in [-0.2, -0.15) is 0 Å². The Bertz CT molecular complexity index is 114. The van der Waals surface area contributed by atoms with Gasteiger partial charge in [0, 0.05) is 12.7 Å². The van der Waals surface area contributed by atoms with Crippen LogP contribution in [-0.2, 0) is 0 Å². The third-order valence-electron chi connectivity index (χ3n) is 0.755. The lowest BCUT2D eigenvalue weighted by Crippen LogP contribution is -1.99. The van der Waals surface area contributed by atoms with Gasteiger partial charge in [-0.15, -0.1) is 0 Å². The van der Waals surface area contributed by atoms with Gasteiger partial charge in [0.2, 0.25) is 0 Å². The van der Waals surface area contributed by atoms with Gasteiger partial charge in [0.25, 0.3) is 0 Å². The van der Waals surface area contributed by atoms with E-state index in [-0.39, 0.29) is 0 Å². The molecule has 0 aliphatic carbocycles. The molecule has 2 N–H and O–H groups in total. The summed E-state index contributed by atoms with van der Waals surface area (Å²) in [6, 6.07) is 0. The SMILES string of the molecule is C=C/C(=C\N=C)CN. The molecule has 0 aliphatic heterocycles. The molecule has 0 unspecified atom stereocenters. The molecule has 44 valence electrons. The van der Waals surface area contributed by atoms with E-state index in [0.717, 1.165) is 5.57 Å². The summed E-state index contributed by atoms with van der Waals surface area (Å²) in [5.41, 5.74) is 6.14. The Balaban J connectivity index is 3.84. The maximum absolute atomic E-state index is 5.24. The van der Waals surface area contributed by atoms with Gasteiger partial charge in [-0.3, -0.25) is 4.99 Å². The van der Waals surface area contributed by atoms with Gasteiger partial charge >= 0.3 is 0 Å². The summed E-state index contributed by atoms with van der Waals surface area (Å²) < 4.78 is 0. The normalized spacial score (nSPS) is 10.9. The highest BCUT2D eigenvalue weighted by molar-refractivity contribution is 5.28. The Kier molecular flexibility index (Phi) is 3.80. The van der Waals surface area contributed by atoms with Gasteiger partial charge in [0.1, 0.15) is 0 Å². The predicted octanol–water partition coefficient (Wildman–Crippen LogP) is 0.716. The summed E-state index contributed by atoms with van der Waals surface area (Å²) in [7, 11) is 0. The van der Waals surface area contributed by atoms with E-state index < -0.39 is 0 Å². The van der Waals surface area contributed by atoms with Crippen LogP contribution in [0.4, 0.5) is 0 Å². The highest BCUT2D eigenvalue weighted by atomic mass is 14.6. The van der Waals surface area contributed by atoms with Gasteiger partial charge in [-0.05, 0) is 12.3 Å². The number of hydrogen-bond donors (Lipinski definition) is 1. The standard InChI is InChI=1S/C6H10N2/c1-3-6(4-7)5-8-2/h3,5H,1-2,4,7H2/b6-5+. The molecule has 0 aliphatic rings. The van der Waals surface area contributed by atoms with E-state index in [1.165, 1.54) is 0 Å². The highest BCUT2D eigenvalue weighted by Crippen LogP contribution is 1.89.